The van der Waals surface area contributed by atoms with Crippen molar-refractivity contribution in [2.45, 2.75) is 59.5 Å². The second-order valence-corrected chi connectivity index (χ2v) is 6.51. The Morgan fingerprint density at radius 2 is 1.90 bits per heavy atom. The van der Waals surface area contributed by atoms with Gasteiger partial charge in [-0.05, 0) is 39.7 Å². The number of furan rings is 1. The minimum Gasteiger partial charge on any atom is -0.466 e. The molecule has 0 bridgehead atoms. The van der Waals surface area contributed by atoms with Gasteiger partial charge in [-0.2, -0.15) is 0 Å². The molecule has 1 N–H and O–H groups in total. The zero-order chi connectivity index (χ0) is 15.6. The molecule has 1 unspecified atom stereocenters. The van der Waals surface area contributed by atoms with Crippen molar-refractivity contribution in [1.29, 1.82) is 0 Å². The van der Waals surface area contributed by atoms with Crippen molar-refractivity contribution in [1.82, 2.24) is 10.2 Å². The third-order valence-electron chi connectivity index (χ3n) is 4.33. The van der Waals surface area contributed by atoms with Gasteiger partial charge in [0.1, 0.15) is 11.5 Å². The van der Waals surface area contributed by atoms with Crippen molar-refractivity contribution < 1.29 is 9.21 Å². The van der Waals surface area contributed by atoms with E-state index < -0.39 is 0 Å². The summed E-state index contributed by atoms with van der Waals surface area (Å²) in [6, 6.07) is 2.88. The number of piperidine rings is 1. The van der Waals surface area contributed by atoms with E-state index in [1.54, 1.807) is 0 Å². The number of hydrogen-bond donors (Lipinski definition) is 1. The first-order chi connectivity index (χ1) is 9.88. The minimum absolute atomic E-state index is 0.102. The van der Waals surface area contributed by atoms with Crippen LogP contribution in [0.1, 0.15) is 56.7 Å². The number of amides is 1. The second-order valence-electron chi connectivity index (χ2n) is 6.51. The predicted molar refractivity (Wildman–Crippen MR) is 84.2 cm³/mol. The average Bonchev–Trinajstić information content (AvgIpc) is 2.77. The van der Waals surface area contributed by atoms with Gasteiger partial charge in [0.25, 0.3) is 0 Å². The van der Waals surface area contributed by atoms with Crippen LogP contribution in [0.4, 0.5) is 0 Å². The molecule has 21 heavy (non-hydrogen) atoms. The van der Waals surface area contributed by atoms with Gasteiger partial charge >= 0.3 is 0 Å². The maximum atomic E-state index is 12.0. The smallest absolute Gasteiger partial charge is 0.225 e. The molecule has 0 radical (unpaired) electrons. The molecule has 1 atom stereocenters. The van der Waals surface area contributed by atoms with Crippen LogP contribution >= 0.6 is 0 Å². The number of carbonyl (C=O) groups is 1. The molecular weight excluding hydrogens is 264 g/mol. The molecule has 0 spiro atoms. The number of nitrogens with one attached hydrogen (secondary N) is 1. The Morgan fingerprint density at radius 1 is 1.29 bits per heavy atom. The maximum Gasteiger partial charge on any atom is 0.225 e. The number of nitrogens with zero attached hydrogens (tertiary/aromatic N) is 1. The van der Waals surface area contributed by atoms with Crippen LogP contribution < -0.4 is 5.32 Å². The molecule has 0 saturated carbocycles. The Kier molecular flexibility index (Phi) is 5.09. The fourth-order valence-corrected chi connectivity index (χ4v) is 3.16. The third-order valence-corrected chi connectivity index (χ3v) is 4.33. The summed E-state index contributed by atoms with van der Waals surface area (Å²) in [5.41, 5.74) is 1.24. The van der Waals surface area contributed by atoms with Crippen molar-refractivity contribution >= 4 is 5.91 Å². The lowest BCUT2D eigenvalue weighted by Gasteiger charge is -2.34. The van der Waals surface area contributed by atoms with Crippen LogP contribution in [0.15, 0.2) is 10.5 Å². The Hall–Kier alpha value is -1.29. The molecule has 1 amide bonds. The van der Waals surface area contributed by atoms with Crippen molar-refractivity contribution in [3.05, 3.63) is 23.2 Å². The first-order valence-corrected chi connectivity index (χ1v) is 8.00. The Labute approximate surface area is 127 Å². The SMILES string of the molecule is Cc1cc(C(C)NC2CCN(C(=O)C(C)C)CC2)c(C)o1. The van der Waals surface area contributed by atoms with Gasteiger partial charge in [0.15, 0.2) is 0 Å². The summed E-state index contributed by atoms with van der Waals surface area (Å²) >= 11 is 0. The van der Waals surface area contributed by atoms with Gasteiger partial charge in [-0.25, -0.2) is 0 Å². The van der Waals surface area contributed by atoms with Crippen molar-refractivity contribution in [3.8, 4) is 0 Å². The molecule has 1 aliphatic heterocycles. The molecule has 2 rings (SSSR count). The van der Waals surface area contributed by atoms with Gasteiger partial charge in [0, 0.05) is 36.7 Å². The zero-order valence-electron chi connectivity index (χ0n) is 13.9. The predicted octanol–water partition coefficient (Wildman–Crippen LogP) is 3.19. The molecule has 2 heterocycles. The third kappa shape index (κ3) is 3.88. The summed E-state index contributed by atoms with van der Waals surface area (Å²) in [5.74, 6) is 2.35. The highest BCUT2D eigenvalue weighted by Crippen LogP contribution is 2.23. The summed E-state index contributed by atoms with van der Waals surface area (Å²) < 4.78 is 5.61. The van der Waals surface area contributed by atoms with Crippen LogP contribution in [-0.4, -0.2) is 29.9 Å². The van der Waals surface area contributed by atoms with Gasteiger partial charge in [0.05, 0.1) is 0 Å². The number of rotatable bonds is 4. The van der Waals surface area contributed by atoms with E-state index in [0.29, 0.717) is 12.1 Å². The number of likely N-dealkylation sites (tertiary alicyclic amines) is 1. The number of hydrogen-bond acceptors (Lipinski definition) is 3. The van der Waals surface area contributed by atoms with Crippen LogP contribution in [0.2, 0.25) is 0 Å². The first kappa shape index (κ1) is 16.1. The Bertz CT molecular complexity index is 485. The Morgan fingerprint density at radius 3 is 2.38 bits per heavy atom. The number of carbonyl (C=O) groups excluding carboxylic acids is 1. The van der Waals surface area contributed by atoms with Crippen LogP contribution in [0.5, 0.6) is 0 Å². The highest BCUT2D eigenvalue weighted by atomic mass is 16.3. The average molecular weight is 292 g/mol. The van der Waals surface area contributed by atoms with Gasteiger partial charge in [-0.3, -0.25) is 4.79 Å². The van der Waals surface area contributed by atoms with Gasteiger partial charge in [-0.15, -0.1) is 0 Å². The molecular formula is C17H28N2O2. The standard InChI is InChI=1S/C17H28N2O2/c1-11(2)17(20)19-8-6-15(7-9-19)18-13(4)16-10-12(3)21-14(16)5/h10-11,13,15,18H,6-9H2,1-5H3. The summed E-state index contributed by atoms with van der Waals surface area (Å²) in [6.45, 7) is 11.9. The van der Waals surface area contributed by atoms with Crippen LogP contribution in [-0.2, 0) is 4.79 Å². The van der Waals surface area contributed by atoms with Gasteiger partial charge in [-0.1, -0.05) is 13.8 Å². The van der Waals surface area contributed by atoms with Crippen LogP contribution in [0.25, 0.3) is 0 Å². The van der Waals surface area contributed by atoms with Crippen molar-refractivity contribution in [2.75, 3.05) is 13.1 Å². The highest BCUT2D eigenvalue weighted by Gasteiger charge is 2.25. The van der Waals surface area contributed by atoms with E-state index in [2.05, 4.69) is 18.3 Å². The minimum atomic E-state index is 0.102. The van der Waals surface area contributed by atoms with E-state index >= 15 is 0 Å². The maximum absolute atomic E-state index is 12.0. The highest BCUT2D eigenvalue weighted by molar-refractivity contribution is 5.78. The van der Waals surface area contributed by atoms with E-state index in [1.807, 2.05) is 32.6 Å². The normalized spacial score (nSPS) is 18.3. The fourth-order valence-electron chi connectivity index (χ4n) is 3.16. The van der Waals surface area contributed by atoms with E-state index in [-0.39, 0.29) is 11.8 Å². The Balaban J connectivity index is 1.86. The van der Waals surface area contributed by atoms with Crippen molar-refractivity contribution in [3.63, 3.8) is 0 Å². The van der Waals surface area contributed by atoms with Crippen LogP contribution in [0, 0.1) is 19.8 Å². The van der Waals surface area contributed by atoms with Crippen LogP contribution in [0.3, 0.4) is 0 Å². The molecule has 1 fully saturated rings. The fraction of sp³-hybridized carbons (Fsp3) is 0.706. The quantitative estimate of drug-likeness (QED) is 0.927. The van der Waals surface area contributed by atoms with Crippen molar-refractivity contribution in [2.24, 2.45) is 5.92 Å². The largest absolute Gasteiger partial charge is 0.466 e. The van der Waals surface area contributed by atoms with E-state index in [9.17, 15) is 4.79 Å². The van der Waals surface area contributed by atoms with E-state index in [4.69, 9.17) is 4.42 Å². The second kappa shape index (κ2) is 6.65. The molecule has 1 aromatic heterocycles. The lowest BCUT2D eigenvalue weighted by atomic mass is 10.0. The molecule has 1 aromatic rings. The molecule has 4 heteroatoms. The molecule has 0 aliphatic carbocycles. The lowest BCUT2D eigenvalue weighted by molar-refractivity contribution is -0.135. The first-order valence-electron chi connectivity index (χ1n) is 8.00. The summed E-state index contributed by atoms with van der Waals surface area (Å²) in [6.07, 6.45) is 2.05. The molecule has 0 aromatic carbocycles. The van der Waals surface area contributed by atoms with E-state index in [1.165, 1.54) is 5.56 Å². The molecule has 118 valence electrons. The van der Waals surface area contributed by atoms with E-state index in [0.717, 1.165) is 37.5 Å². The summed E-state index contributed by atoms with van der Waals surface area (Å²) in [4.78, 5) is 14.0. The summed E-state index contributed by atoms with van der Waals surface area (Å²) in [5, 5.41) is 3.68. The molecule has 4 nitrogen and oxygen atoms in total. The van der Waals surface area contributed by atoms with Gasteiger partial charge < -0.3 is 14.6 Å². The molecule has 1 aliphatic rings. The lowest BCUT2D eigenvalue weighted by Crippen LogP contribution is -2.46. The molecule has 1 saturated heterocycles. The topological polar surface area (TPSA) is 45.5 Å². The summed E-state index contributed by atoms with van der Waals surface area (Å²) in [7, 11) is 0. The number of aryl methyl sites for hydroxylation is 2. The monoisotopic (exact) mass is 292 g/mol. The zero-order valence-corrected chi connectivity index (χ0v) is 13.9. The van der Waals surface area contributed by atoms with Gasteiger partial charge in [0.2, 0.25) is 5.91 Å².